The van der Waals surface area contributed by atoms with Crippen LogP contribution >= 0.6 is 15.8 Å². The molecule has 0 amide bonds. The summed E-state index contributed by atoms with van der Waals surface area (Å²) >= 11 is 0. The first kappa shape index (κ1) is 38.4. The number of hydrogen-bond donors (Lipinski definition) is 0. The largest absolute Gasteiger partial charge is 2.00 e. The Labute approximate surface area is 267 Å². The molecule has 3 aliphatic rings. The minimum absolute atomic E-state index is 0. The monoisotopic (exact) mass is 640 g/mol. The van der Waals surface area contributed by atoms with E-state index in [1.54, 1.807) is 14.2 Å². The summed E-state index contributed by atoms with van der Waals surface area (Å²) in [5, 5.41) is 3.08. The van der Waals surface area contributed by atoms with Crippen LogP contribution in [0.2, 0.25) is 0 Å². The van der Waals surface area contributed by atoms with Crippen molar-refractivity contribution in [3.8, 4) is 11.5 Å². The van der Waals surface area contributed by atoms with E-state index in [9.17, 15) is 0 Å². The Balaban J connectivity index is 0.000000951. The number of ether oxygens (including phenoxy) is 2. The number of hydrogen-bond acceptors (Lipinski definition) is 2. The number of methoxy groups -OCH3 is 2. The van der Waals surface area contributed by atoms with Crippen LogP contribution in [0.25, 0.3) is 0 Å². The molecule has 5 rings (SSSR count). The molecule has 2 unspecified atom stereocenters. The summed E-state index contributed by atoms with van der Waals surface area (Å²) in [7, 11) is 3.25. The molecule has 41 heavy (non-hydrogen) atoms. The SMILES string of the molecule is C1CCCC1.COc1c(C)cc(P(c2cc(C)c(OC)c(C)c2)C2CCCC2P2[C@@H](C)CC[C@@H]2C)cc1C.[CH3-].[CH3-].[Fe+2]. The van der Waals surface area contributed by atoms with E-state index in [0.29, 0.717) is 0 Å². The van der Waals surface area contributed by atoms with E-state index in [0.717, 1.165) is 34.1 Å². The van der Waals surface area contributed by atoms with Crippen molar-refractivity contribution in [2.24, 2.45) is 0 Å². The van der Waals surface area contributed by atoms with Gasteiger partial charge in [-0.05, 0) is 141 Å². The number of benzene rings is 2. The van der Waals surface area contributed by atoms with Gasteiger partial charge in [0.1, 0.15) is 11.5 Å². The van der Waals surface area contributed by atoms with E-state index in [4.69, 9.17) is 9.47 Å². The second-order valence-electron chi connectivity index (χ2n) is 12.2. The van der Waals surface area contributed by atoms with E-state index in [-0.39, 0.29) is 39.8 Å². The zero-order valence-corrected chi connectivity index (χ0v) is 30.6. The van der Waals surface area contributed by atoms with Crippen LogP contribution in [-0.2, 0) is 17.1 Å². The number of rotatable bonds is 6. The van der Waals surface area contributed by atoms with E-state index in [1.165, 1.54) is 97.1 Å². The Morgan fingerprint density at radius 2 is 0.976 bits per heavy atom. The first-order valence-electron chi connectivity index (χ1n) is 15.1. The van der Waals surface area contributed by atoms with Crippen molar-refractivity contribution >= 4 is 26.5 Å². The molecule has 1 aliphatic heterocycles. The zero-order valence-electron chi connectivity index (χ0n) is 27.8. The van der Waals surface area contributed by atoms with Gasteiger partial charge < -0.3 is 24.3 Å². The van der Waals surface area contributed by atoms with Crippen LogP contribution in [0.1, 0.15) is 100 Å². The molecule has 2 nitrogen and oxygen atoms in total. The van der Waals surface area contributed by atoms with Gasteiger partial charge in [-0.15, -0.1) is 0 Å². The number of aryl methyl sites for hydroxylation is 4. The normalized spacial score (nSPS) is 23.6. The first-order valence-corrected chi connectivity index (χ1v) is 18.1. The molecular formula is C36H58FeO2P2. The van der Waals surface area contributed by atoms with Crippen LogP contribution in [0.15, 0.2) is 24.3 Å². The predicted octanol–water partition coefficient (Wildman–Crippen LogP) is 10.2. The fraction of sp³-hybridized carbons (Fsp3) is 0.611. The molecule has 1 heterocycles. The molecule has 0 spiro atoms. The molecular weight excluding hydrogens is 582 g/mol. The third-order valence-corrected chi connectivity index (χ3v) is 16.4. The standard InChI is InChI=1S/C29H42O2P2.C5H10.2CH3.Fe/c1-18-14-24(15-19(2)28(18)30-7)33(25-16-20(3)29(31-8)21(4)17-25)27-11-9-10-26(27)32-22(5)12-13-23(32)6;1-2-4-5-3-1;;;/h14-17,22-23,26-27H,9-13H2,1-8H3;1-5H2;2*1H3;/q;;2*-1;+2/t22-,23-,26?,27?;;;;/m0..../s1. The minimum Gasteiger partial charge on any atom is -0.496 e. The maximum atomic E-state index is 5.73. The first-order chi connectivity index (χ1) is 18.3. The molecule has 2 aliphatic carbocycles. The van der Waals surface area contributed by atoms with Gasteiger partial charge >= 0.3 is 17.1 Å². The Morgan fingerprint density at radius 3 is 1.32 bits per heavy atom. The molecule has 2 aromatic carbocycles. The Hall–Kier alpha value is -0.581. The summed E-state index contributed by atoms with van der Waals surface area (Å²) in [6.45, 7) is 14.0. The van der Waals surface area contributed by atoms with Gasteiger partial charge in [0.25, 0.3) is 0 Å². The summed E-state index contributed by atoms with van der Waals surface area (Å²) < 4.78 is 11.5. The molecule has 2 saturated carbocycles. The van der Waals surface area contributed by atoms with Crippen LogP contribution in [0, 0.1) is 42.5 Å². The van der Waals surface area contributed by atoms with Crippen molar-refractivity contribution in [3.63, 3.8) is 0 Å². The van der Waals surface area contributed by atoms with Gasteiger partial charge in [0.15, 0.2) is 0 Å². The third-order valence-electron chi connectivity index (χ3n) is 9.28. The Kier molecular flexibility index (Phi) is 16.5. The second kappa shape index (κ2) is 17.6. The topological polar surface area (TPSA) is 18.5 Å². The van der Waals surface area contributed by atoms with E-state index in [1.807, 2.05) is 0 Å². The van der Waals surface area contributed by atoms with Crippen LogP contribution in [0.5, 0.6) is 11.5 Å². The van der Waals surface area contributed by atoms with Crippen molar-refractivity contribution < 1.29 is 26.5 Å². The Morgan fingerprint density at radius 1 is 0.610 bits per heavy atom. The molecule has 0 N–H and O–H groups in total. The molecule has 3 fully saturated rings. The average Bonchev–Trinajstić information content (AvgIpc) is 3.64. The van der Waals surface area contributed by atoms with E-state index in [2.05, 4.69) is 65.8 Å². The smallest absolute Gasteiger partial charge is 0.496 e. The Bertz CT molecular complexity index is 960. The molecule has 232 valence electrons. The summed E-state index contributed by atoms with van der Waals surface area (Å²) in [6.07, 6.45) is 14.6. The zero-order chi connectivity index (χ0) is 27.4. The second-order valence-corrected chi connectivity index (χ2v) is 17.9. The molecule has 0 aromatic heterocycles. The molecule has 0 radical (unpaired) electrons. The van der Waals surface area contributed by atoms with Crippen LogP contribution in [0.4, 0.5) is 0 Å². The quantitative estimate of drug-likeness (QED) is 0.178. The maximum Gasteiger partial charge on any atom is 2.00 e. The summed E-state index contributed by atoms with van der Waals surface area (Å²) in [5.74, 6) is 2.09. The van der Waals surface area contributed by atoms with Gasteiger partial charge in [-0.1, -0.05) is 60.3 Å². The predicted molar refractivity (Wildman–Crippen MR) is 184 cm³/mol. The van der Waals surface area contributed by atoms with Crippen molar-refractivity contribution in [2.45, 2.75) is 128 Å². The third kappa shape index (κ3) is 8.75. The van der Waals surface area contributed by atoms with E-state index < -0.39 is 7.92 Å². The molecule has 4 atom stereocenters. The van der Waals surface area contributed by atoms with Crippen molar-refractivity contribution in [3.05, 3.63) is 61.4 Å². The average molecular weight is 641 g/mol. The molecule has 0 bridgehead atoms. The van der Waals surface area contributed by atoms with Crippen LogP contribution in [-0.4, -0.2) is 36.9 Å². The van der Waals surface area contributed by atoms with Crippen molar-refractivity contribution in [1.29, 1.82) is 0 Å². The van der Waals surface area contributed by atoms with Gasteiger partial charge in [0.05, 0.1) is 14.2 Å². The van der Waals surface area contributed by atoms with Crippen LogP contribution < -0.4 is 20.1 Å². The van der Waals surface area contributed by atoms with Gasteiger partial charge in [-0.2, -0.15) is 0 Å². The van der Waals surface area contributed by atoms with Crippen LogP contribution in [0.3, 0.4) is 0 Å². The van der Waals surface area contributed by atoms with Gasteiger partial charge in [-0.25, -0.2) is 0 Å². The molecule has 1 saturated heterocycles. The summed E-state index contributed by atoms with van der Waals surface area (Å²) in [6, 6.07) is 9.76. The summed E-state index contributed by atoms with van der Waals surface area (Å²) in [4.78, 5) is 0. The van der Waals surface area contributed by atoms with Gasteiger partial charge in [0.2, 0.25) is 0 Å². The van der Waals surface area contributed by atoms with Gasteiger partial charge in [-0.3, -0.25) is 0 Å². The molecule has 2 aromatic rings. The fourth-order valence-electron chi connectivity index (χ4n) is 7.63. The fourth-order valence-corrected chi connectivity index (χ4v) is 15.9. The minimum atomic E-state index is -0.440. The maximum absolute atomic E-state index is 5.73. The van der Waals surface area contributed by atoms with Crippen molar-refractivity contribution in [2.75, 3.05) is 14.2 Å². The van der Waals surface area contributed by atoms with E-state index >= 15 is 0 Å². The summed E-state index contributed by atoms with van der Waals surface area (Å²) in [5.41, 5.74) is 8.62. The van der Waals surface area contributed by atoms with Gasteiger partial charge in [0, 0.05) is 0 Å². The van der Waals surface area contributed by atoms with Crippen molar-refractivity contribution in [1.82, 2.24) is 0 Å². The molecule has 5 heteroatoms.